The predicted octanol–water partition coefficient (Wildman–Crippen LogP) is 4.23. The summed E-state index contributed by atoms with van der Waals surface area (Å²) in [4.78, 5) is 16.2. The second-order valence-electron chi connectivity index (χ2n) is 7.64. The lowest BCUT2D eigenvalue weighted by molar-refractivity contribution is 0.473. The van der Waals surface area contributed by atoms with Crippen LogP contribution < -0.4 is 4.90 Å². The Bertz CT molecular complexity index is 871. The molecule has 3 aromatic heterocycles. The largest absolute Gasteiger partial charge is 0.356 e. The fourth-order valence-electron chi connectivity index (χ4n) is 3.84. The Morgan fingerprint density at radius 3 is 2.89 bits per heavy atom. The van der Waals surface area contributed by atoms with E-state index in [1.807, 2.05) is 24.7 Å². The number of hydrogen-bond donors (Lipinski definition) is 0. The molecule has 1 aliphatic heterocycles. The van der Waals surface area contributed by atoms with Crippen molar-refractivity contribution in [2.24, 2.45) is 0 Å². The van der Waals surface area contributed by atoms with E-state index >= 15 is 0 Å². The van der Waals surface area contributed by atoms with Crippen LogP contribution in [0.1, 0.15) is 55.6 Å². The van der Waals surface area contributed by atoms with Gasteiger partial charge in [0.05, 0.1) is 6.54 Å². The quantitative estimate of drug-likeness (QED) is 0.682. The number of anilines is 1. The first-order valence-corrected chi connectivity index (χ1v) is 9.82. The Hall–Kier alpha value is -2.69. The van der Waals surface area contributed by atoms with Crippen molar-refractivity contribution in [2.75, 3.05) is 18.0 Å². The number of imidazole rings is 1. The molecule has 140 valence electrons. The van der Waals surface area contributed by atoms with Crippen molar-refractivity contribution in [2.45, 2.75) is 45.1 Å². The zero-order valence-electron chi connectivity index (χ0n) is 16.1. The summed E-state index contributed by atoms with van der Waals surface area (Å²) in [5.74, 6) is 3.14. The van der Waals surface area contributed by atoms with Gasteiger partial charge in [0.25, 0.3) is 0 Å². The zero-order chi connectivity index (χ0) is 18.6. The van der Waals surface area contributed by atoms with Crippen molar-refractivity contribution in [3.63, 3.8) is 0 Å². The molecule has 0 aliphatic carbocycles. The third-order valence-corrected chi connectivity index (χ3v) is 5.28. The SMILES string of the molecule is CC(C)c1cccc(N2CCC[C@H](c3nccn3Cc3cccnc3)C2)n1. The van der Waals surface area contributed by atoms with Gasteiger partial charge in [0.2, 0.25) is 0 Å². The molecule has 0 bridgehead atoms. The van der Waals surface area contributed by atoms with Gasteiger partial charge in [-0.25, -0.2) is 9.97 Å². The molecule has 0 radical (unpaired) electrons. The first-order chi connectivity index (χ1) is 13.2. The van der Waals surface area contributed by atoms with Crippen molar-refractivity contribution < 1.29 is 0 Å². The van der Waals surface area contributed by atoms with E-state index in [2.05, 4.69) is 58.8 Å². The molecule has 27 heavy (non-hydrogen) atoms. The number of hydrogen-bond acceptors (Lipinski definition) is 4. The first kappa shape index (κ1) is 17.7. The van der Waals surface area contributed by atoms with E-state index in [0.29, 0.717) is 11.8 Å². The summed E-state index contributed by atoms with van der Waals surface area (Å²) in [5.41, 5.74) is 2.36. The molecule has 0 N–H and O–H groups in total. The van der Waals surface area contributed by atoms with E-state index in [0.717, 1.165) is 37.6 Å². The molecule has 0 saturated carbocycles. The zero-order valence-corrected chi connectivity index (χ0v) is 16.1. The third kappa shape index (κ3) is 4.02. The van der Waals surface area contributed by atoms with Crippen LogP contribution in [0.4, 0.5) is 5.82 Å². The van der Waals surface area contributed by atoms with E-state index in [4.69, 9.17) is 9.97 Å². The third-order valence-electron chi connectivity index (χ3n) is 5.28. The molecule has 1 saturated heterocycles. The molecule has 0 unspecified atom stereocenters. The smallest absolute Gasteiger partial charge is 0.128 e. The van der Waals surface area contributed by atoms with Gasteiger partial charge in [0.15, 0.2) is 0 Å². The molecule has 3 aromatic rings. The number of nitrogens with zero attached hydrogens (tertiary/aromatic N) is 5. The van der Waals surface area contributed by atoms with Crippen molar-refractivity contribution >= 4 is 5.82 Å². The highest BCUT2D eigenvalue weighted by Gasteiger charge is 2.25. The van der Waals surface area contributed by atoms with Crippen LogP contribution in [0.5, 0.6) is 0 Å². The molecular weight excluding hydrogens is 334 g/mol. The van der Waals surface area contributed by atoms with Crippen LogP contribution >= 0.6 is 0 Å². The van der Waals surface area contributed by atoms with Crippen LogP contribution in [0.2, 0.25) is 0 Å². The average Bonchev–Trinajstić information content (AvgIpc) is 3.17. The lowest BCUT2D eigenvalue weighted by Crippen LogP contribution is -2.36. The fraction of sp³-hybridized carbons (Fsp3) is 0.409. The van der Waals surface area contributed by atoms with Crippen LogP contribution in [0.15, 0.2) is 55.1 Å². The summed E-state index contributed by atoms with van der Waals surface area (Å²) >= 11 is 0. The van der Waals surface area contributed by atoms with Crippen molar-refractivity contribution in [1.29, 1.82) is 0 Å². The molecule has 5 heteroatoms. The van der Waals surface area contributed by atoms with Crippen molar-refractivity contribution in [3.05, 3.63) is 72.2 Å². The van der Waals surface area contributed by atoms with E-state index < -0.39 is 0 Å². The average molecular weight is 361 g/mol. The van der Waals surface area contributed by atoms with Gasteiger partial charge in [-0.2, -0.15) is 0 Å². The maximum Gasteiger partial charge on any atom is 0.128 e. The molecule has 5 nitrogen and oxygen atoms in total. The monoisotopic (exact) mass is 361 g/mol. The Morgan fingerprint density at radius 2 is 2.07 bits per heavy atom. The second-order valence-corrected chi connectivity index (χ2v) is 7.64. The number of aromatic nitrogens is 4. The van der Waals surface area contributed by atoms with Gasteiger partial charge in [-0.3, -0.25) is 4.98 Å². The maximum atomic E-state index is 4.89. The number of pyridine rings is 2. The van der Waals surface area contributed by atoms with Gasteiger partial charge in [0, 0.05) is 49.5 Å². The molecule has 4 rings (SSSR count). The van der Waals surface area contributed by atoms with Gasteiger partial charge >= 0.3 is 0 Å². The van der Waals surface area contributed by atoms with Crippen LogP contribution in [-0.4, -0.2) is 32.6 Å². The Balaban J connectivity index is 1.52. The van der Waals surface area contributed by atoms with E-state index in [9.17, 15) is 0 Å². The lowest BCUT2D eigenvalue weighted by Gasteiger charge is -2.33. The first-order valence-electron chi connectivity index (χ1n) is 9.82. The molecular formula is C22H27N5. The summed E-state index contributed by atoms with van der Waals surface area (Å²) in [6.45, 7) is 7.24. The van der Waals surface area contributed by atoms with Crippen LogP contribution in [0.25, 0.3) is 0 Å². The number of rotatable bonds is 5. The predicted molar refractivity (Wildman–Crippen MR) is 108 cm³/mol. The molecule has 0 amide bonds. The number of piperidine rings is 1. The van der Waals surface area contributed by atoms with Crippen LogP contribution in [0, 0.1) is 0 Å². The molecule has 4 heterocycles. The maximum absolute atomic E-state index is 4.89. The molecule has 1 fully saturated rings. The highest BCUT2D eigenvalue weighted by Crippen LogP contribution is 2.29. The van der Waals surface area contributed by atoms with Crippen molar-refractivity contribution in [1.82, 2.24) is 19.5 Å². The van der Waals surface area contributed by atoms with Crippen molar-refractivity contribution in [3.8, 4) is 0 Å². The highest BCUT2D eigenvalue weighted by molar-refractivity contribution is 5.41. The summed E-state index contributed by atoms with van der Waals surface area (Å²) in [6, 6.07) is 10.5. The minimum absolute atomic E-state index is 0.426. The van der Waals surface area contributed by atoms with Crippen LogP contribution in [-0.2, 0) is 6.54 Å². The second kappa shape index (κ2) is 7.91. The molecule has 1 aliphatic rings. The van der Waals surface area contributed by atoms with E-state index in [1.54, 1.807) is 0 Å². The summed E-state index contributed by atoms with van der Waals surface area (Å²) < 4.78 is 2.27. The lowest BCUT2D eigenvalue weighted by atomic mass is 9.97. The van der Waals surface area contributed by atoms with Gasteiger partial charge in [-0.15, -0.1) is 0 Å². The van der Waals surface area contributed by atoms with E-state index in [-0.39, 0.29) is 0 Å². The fourth-order valence-corrected chi connectivity index (χ4v) is 3.84. The Morgan fingerprint density at radius 1 is 1.15 bits per heavy atom. The summed E-state index contributed by atoms with van der Waals surface area (Å²) in [7, 11) is 0. The minimum atomic E-state index is 0.426. The van der Waals surface area contributed by atoms with E-state index in [1.165, 1.54) is 17.8 Å². The summed E-state index contributed by atoms with van der Waals surface area (Å²) in [5, 5.41) is 0. The Labute approximate surface area is 161 Å². The standard InChI is InChI=1S/C22H27N5/c1-17(2)20-8-3-9-21(25-20)26-12-5-7-19(16-26)22-24-11-13-27(22)15-18-6-4-10-23-14-18/h3-4,6,8-11,13-14,17,19H,5,7,12,15-16H2,1-2H3/t19-/m0/s1. The highest BCUT2D eigenvalue weighted by atomic mass is 15.2. The molecule has 0 aromatic carbocycles. The minimum Gasteiger partial charge on any atom is -0.356 e. The molecule has 0 spiro atoms. The Kier molecular flexibility index (Phi) is 5.19. The normalized spacial score (nSPS) is 17.4. The van der Waals surface area contributed by atoms with Crippen LogP contribution in [0.3, 0.4) is 0 Å². The van der Waals surface area contributed by atoms with Gasteiger partial charge in [-0.05, 0) is 42.5 Å². The topological polar surface area (TPSA) is 46.8 Å². The summed E-state index contributed by atoms with van der Waals surface area (Å²) in [6.07, 6.45) is 10.1. The molecule has 1 atom stereocenters. The van der Waals surface area contributed by atoms with Gasteiger partial charge < -0.3 is 9.47 Å². The van der Waals surface area contributed by atoms with Gasteiger partial charge in [-0.1, -0.05) is 26.0 Å². The van der Waals surface area contributed by atoms with Gasteiger partial charge in [0.1, 0.15) is 11.6 Å².